The van der Waals surface area contributed by atoms with Crippen LogP contribution >= 0.6 is 0 Å². The predicted molar refractivity (Wildman–Crippen MR) is 86.3 cm³/mol. The average molecular weight is 303 g/mol. The summed E-state index contributed by atoms with van der Waals surface area (Å²) in [5.74, 6) is 0.208. The molecule has 120 valence electrons. The normalized spacial score (nSPS) is 17.1. The number of piperazine rings is 1. The van der Waals surface area contributed by atoms with Crippen LogP contribution in [0.15, 0.2) is 30.3 Å². The Kier molecular flexibility index (Phi) is 5.95. The number of benzene rings is 1. The van der Waals surface area contributed by atoms with Gasteiger partial charge in [-0.15, -0.1) is 0 Å². The molecule has 0 aliphatic carbocycles. The first-order valence-corrected chi connectivity index (χ1v) is 7.88. The van der Waals surface area contributed by atoms with Crippen molar-refractivity contribution in [3.05, 3.63) is 35.9 Å². The minimum Gasteiger partial charge on any atom is -0.350 e. The summed E-state index contributed by atoms with van der Waals surface area (Å²) < 4.78 is 0. The van der Waals surface area contributed by atoms with Crippen molar-refractivity contribution < 1.29 is 9.59 Å². The van der Waals surface area contributed by atoms with Crippen molar-refractivity contribution in [1.82, 2.24) is 15.1 Å². The summed E-state index contributed by atoms with van der Waals surface area (Å²) in [4.78, 5) is 27.4. The fourth-order valence-corrected chi connectivity index (χ4v) is 2.68. The van der Waals surface area contributed by atoms with E-state index in [2.05, 4.69) is 10.2 Å². The van der Waals surface area contributed by atoms with E-state index in [-0.39, 0.29) is 17.9 Å². The second-order valence-corrected chi connectivity index (χ2v) is 5.80. The Balaban J connectivity index is 1.69. The quantitative estimate of drug-likeness (QED) is 0.895. The molecule has 1 fully saturated rings. The van der Waals surface area contributed by atoms with E-state index >= 15 is 0 Å². The monoisotopic (exact) mass is 303 g/mol. The fraction of sp³-hybridized carbons (Fsp3) is 0.529. The first-order chi connectivity index (χ1) is 10.6. The van der Waals surface area contributed by atoms with Crippen molar-refractivity contribution in [2.75, 3.05) is 32.7 Å². The minimum absolute atomic E-state index is 0.0308. The van der Waals surface area contributed by atoms with Gasteiger partial charge in [0.05, 0.1) is 6.04 Å². The number of carbonyl (C=O) groups is 2. The van der Waals surface area contributed by atoms with Gasteiger partial charge in [0.2, 0.25) is 11.8 Å². The average Bonchev–Trinajstić information content (AvgIpc) is 2.54. The maximum atomic E-state index is 12.0. The summed E-state index contributed by atoms with van der Waals surface area (Å²) in [7, 11) is 0. The molecule has 1 aromatic rings. The van der Waals surface area contributed by atoms with Crippen LogP contribution in [-0.4, -0.2) is 54.3 Å². The molecule has 1 N–H and O–H groups in total. The van der Waals surface area contributed by atoms with Crippen LogP contribution < -0.4 is 5.32 Å². The molecular formula is C17H25N3O2. The van der Waals surface area contributed by atoms with Crippen molar-refractivity contribution in [1.29, 1.82) is 0 Å². The van der Waals surface area contributed by atoms with Crippen molar-refractivity contribution in [3.8, 4) is 0 Å². The highest BCUT2D eigenvalue weighted by atomic mass is 16.2. The molecule has 1 atom stereocenters. The SMILES string of the molecule is CC(=O)N1CCN(CCC(=O)N[C@H](C)c2ccccc2)CC1. The van der Waals surface area contributed by atoms with Gasteiger partial charge >= 0.3 is 0 Å². The third-order valence-corrected chi connectivity index (χ3v) is 4.15. The molecule has 22 heavy (non-hydrogen) atoms. The van der Waals surface area contributed by atoms with Crippen LogP contribution in [0.25, 0.3) is 0 Å². The Morgan fingerprint density at radius 2 is 1.77 bits per heavy atom. The van der Waals surface area contributed by atoms with Crippen molar-refractivity contribution in [2.45, 2.75) is 26.3 Å². The summed E-state index contributed by atoms with van der Waals surface area (Å²) in [6, 6.07) is 10.00. The van der Waals surface area contributed by atoms with E-state index in [1.165, 1.54) is 0 Å². The molecule has 0 bridgehead atoms. The smallest absolute Gasteiger partial charge is 0.221 e. The van der Waals surface area contributed by atoms with Crippen LogP contribution in [0.5, 0.6) is 0 Å². The van der Waals surface area contributed by atoms with E-state index in [4.69, 9.17) is 0 Å². The van der Waals surface area contributed by atoms with Crippen molar-refractivity contribution >= 4 is 11.8 Å². The van der Waals surface area contributed by atoms with Crippen LogP contribution in [-0.2, 0) is 9.59 Å². The molecular weight excluding hydrogens is 278 g/mol. The van der Waals surface area contributed by atoms with E-state index in [9.17, 15) is 9.59 Å². The van der Waals surface area contributed by atoms with E-state index in [1.54, 1.807) is 6.92 Å². The van der Waals surface area contributed by atoms with Gasteiger partial charge in [-0.3, -0.25) is 14.5 Å². The lowest BCUT2D eigenvalue weighted by Crippen LogP contribution is -2.48. The van der Waals surface area contributed by atoms with Gasteiger partial charge in [0.1, 0.15) is 0 Å². The third kappa shape index (κ3) is 4.84. The van der Waals surface area contributed by atoms with E-state index in [1.807, 2.05) is 42.2 Å². The minimum atomic E-state index is 0.0308. The second-order valence-electron chi connectivity index (χ2n) is 5.80. The molecule has 0 unspecified atom stereocenters. The number of rotatable bonds is 5. The zero-order valence-electron chi connectivity index (χ0n) is 13.4. The maximum Gasteiger partial charge on any atom is 0.221 e. The number of nitrogens with zero attached hydrogens (tertiary/aromatic N) is 2. The molecule has 0 spiro atoms. The molecule has 1 aliphatic rings. The third-order valence-electron chi connectivity index (χ3n) is 4.15. The molecule has 2 rings (SSSR count). The highest BCUT2D eigenvalue weighted by Crippen LogP contribution is 2.11. The van der Waals surface area contributed by atoms with Gasteiger partial charge in [-0.25, -0.2) is 0 Å². The molecule has 5 nitrogen and oxygen atoms in total. The Morgan fingerprint density at radius 3 is 2.36 bits per heavy atom. The van der Waals surface area contributed by atoms with Gasteiger partial charge in [0, 0.05) is 46.1 Å². The maximum absolute atomic E-state index is 12.0. The van der Waals surface area contributed by atoms with Crippen molar-refractivity contribution in [3.63, 3.8) is 0 Å². The molecule has 5 heteroatoms. The molecule has 1 saturated heterocycles. The Labute approximate surface area is 132 Å². The van der Waals surface area contributed by atoms with E-state index < -0.39 is 0 Å². The lowest BCUT2D eigenvalue weighted by molar-refractivity contribution is -0.131. The fourth-order valence-electron chi connectivity index (χ4n) is 2.68. The zero-order valence-corrected chi connectivity index (χ0v) is 13.4. The number of hydrogen-bond donors (Lipinski definition) is 1. The first-order valence-electron chi connectivity index (χ1n) is 7.88. The van der Waals surface area contributed by atoms with Gasteiger partial charge in [0.15, 0.2) is 0 Å². The van der Waals surface area contributed by atoms with Gasteiger partial charge in [-0.1, -0.05) is 30.3 Å². The Hall–Kier alpha value is -1.88. The number of amides is 2. The molecule has 1 aliphatic heterocycles. The van der Waals surface area contributed by atoms with Crippen LogP contribution in [0.3, 0.4) is 0 Å². The highest BCUT2D eigenvalue weighted by molar-refractivity contribution is 5.76. The van der Waals surface area contributed by atoms with Crippen LogP contribution in [0, 0.1) is 0 Å². The molecule has 1 heterocycles. The molecule has 0 aromatic heterocycles. The molecule has 0 radical (unpaired) electrons. The second kappa shape index (κ2) is 7.94. The largest absolute Gasteiger partial charge is 0.350 e. The van der Waals surface area contributed by atoms with Crippen LogP contribution in [0.1, 0.15) is 31.9 Å². The molecule has 1 aromatic carbocycles. The first kappa shape index (κ1) is 16.5. The number of hydrogen-bond acceptors (Lipinski definition) is 3. The highest BCUT2D eigenvalue weighted by Gasteiger charge is 2.19. The number of carbonyl (C=O) groups excluding carboxylic acids is 2. The summed E-state index contributed by atoms with van der Waals surface area (Å²) in [6.07, 6.45) is 0.497. The summed E-state index contributed by atoms with van der Waals surface area (Å²) >= 11 is 0. The van der Waals surface area contributed by atoms with Gasteiger partial charge < -0.3 is 10.2 Å². The topological polar surface area (TPSA) is 52.7 Å². The van der Waals surface area contributed by atoms with Crippen LogP contribution in [0.2, 0.25) is 0 Å². The van der Waals surface area contributed by atoms with Gasteiger partial charge in [-0.2, -0.15) is 0 Å². The zero-order chi connectivity index (χ0) is 15.9. The summed E-state index contributed by atoms with van der Waals surface area (Å²) in [5, 5.41) is 3.03. The van der Waals surface area contributed by atoms with Gasteiger partial charge in [0.25, 0.3) is 0 Å². The van der Waals surface area contributed by atoms with Crippen molar-refractivity contribution in [2.24, 2.45) is 0 Å². The van der Waals surface area contributed by atoms with Crippen LogP contribution in [0.4, 0.5) is 0 Å². The molecule has 2 amide bonds. The summed E-state index contributed by atoms with van der Waals surface area (Å²) in [5.41, 5.74) is 1.12. The lowest BCUT2D eigenvalue weighted by atomic mass is 10.1. The molecule has 0 saturated carbocycles. The lowest BCUT2D eigenvalue weighted by Gasteiger charge is -2.34. The number of nitrogens with one attached hydrogen (secondary N) is 1. The Bertz CT molecular complexity index is 496. The summed E-state index contributed by atoms with van der Waals surface area (Å²) in [6.45, 7) is 7.57. The van der Waals surface area contributed by atoms with Gasteiger partial charge in [-0.05, 0) is 12.5 Å². The predicted octanol–water partition coefficient (Wildman–Crippen LogP) is 1.42. The Morgan fingerprint density at radius 1 is 1.14 bits per heavy atom. The van der Waals surface area contributed by atoms with E-state index in [0.717, 1.165) is 38.3 Å². The van der Waals surface area contributed by atoms with E-state index in [0.29, 0.717) is 6.42 Å². The standard InChI is InChI=1S/C17H25N3O2/c1-14(16-6-4-3-5-7-16)18-17(22)8-9-19-10-12-20(13-11-19)15(2)21/h3-7,14H,8-13H2,1-2H3,(H,18,22)/t14-/m1/s1.